The van der Waals surface area contributed by atoms with Gasteiger partial charge in [-0.1, -0.05) is 18.2 Å². The lowest BCUT2D eigenvalue weighted by molar-refractivity contribution is -0.137. The number of ether oxygens (including phenoxy) is 1. The summed E-state index contributed by atoms with van der Waals surface area (Å²) in [5.74, 6) is -1.26. The number of halogens is 6. The molecular formula is C23H14F6N2O3S2. The summed E-state index contributed by atoms with van der Waals surface area (Å²) in [6.07, 6.45) is -4.99. The third-order valence-electron chi connectivity index (χ3n) is 5.10. The minimum Gasteiger partial charge on any atom is -0.434 e. The van der Waals surface area contributed by atoms with Crippen LogP contribution in [0.25, 0.3) is 33.5 Å². The number of aromatic nitrogens is 1. The van der Waals surface area contributed by atoms with Crippen molar-refractivity contribution in [1.82, 2.24) is 4.98 Å². The number of hydrogen-bond donors (Lipinski definition) is 1. The fraction of sp³-hybridized carbons (Fsp3) is 0.0870. The van der Waals surface area contributed by atoms with Crippen molar-refractivity contribution >= 4 is 21.4 Å². The second-order valence-corrected chi connectivity index (χ2v) is 9.62. The van der Waals surface area contributed by atoms with Crippen molar-refractivity contribution in [3.63, 3.8) is 0 Å². The Bertz CT molecular complexity index is 1520. The Labute approximate surface area is 204 Å². The molecule has 0 atom stereocenters. The summed E-state index contributed by atoms with van der Waals surface area (Å²) >= 11 is 1.14. The van der Waals surface area contributed by atoms with Crippen LogP contribution in [0.4, 0.5) is 26.3 Å². The van der Waals surface area contributed by atoms with Gasteiger partial charge in [0.05, 0.1) is 21.7 Å². The zero-order chi connectivity index (χ0) is 26.3. The van der Waals surface area contributed by atoms with Gasteiger partial charge < -0.3 is 4.74 Å². The Balaban J connectivity index is 2.11. The lowest BCUT2D eigenvalue weighted by atomic mass is 9.90. The number of rotatable bonds is 6. The Morgan fingerprint density at radius 1 is 0.972 bits per heavy atom. The van der Waals surface area contributed by atoms with Gasteiger partial charge in [-0.05, 0) is 47.5 Å². The van der Waals surface area contributed by atoms with Gasteiger partial charge in [0.25, 0.3) is 0 Å². The summed E-state index contributed by atoms with van der Waals surface area (Å²) in [7, 11) is -4.66. The van der Waals surface area contributed by atoms with Crippen LogP contribution in [-0.4, -0.2) is 20.0 Å². The van der Waals surface area contributed by atoms with Crippen LogP contribution in [0.5, 0.6) is 5.75 Å². The zero-order valence-corrected chi connectivity index (χ0v) is 19.4. The van der Waals surface area contributed by atoms with E-state index in [1.165, 1.54) is 23.0 Å². The first-order valence-electron chi connectivity index (χ1n) is 9.87. The van der Waals surface area contributed by atoms with Crippen LogP contribution in [0.15, 0.2) is 70.4 Å². The summed E-state index contributed by atoms with van der Waals surface area (Å²) in [5.41, 5.74) is -0.778. The largest absolute Gasteiger partial charge is 0.434 e. The predicted octanol–water partition coefficient (Wildman–Crippen LogP) is 6.55. The van der Waals surface area contributed by atoms with Gasteiger partial charge in [0.1, 0.15) is 11.6 Å². The summed E-state index contributed by atoms with van der Waals surface area (Å²) in [6, 6.07) is 9.01. The molecule has 4 aromatic rings. The molecule has 0 aliphatic carbocycles. The van der Waals surface area contributed by atoms with E-state index in [1.54, 1.807) is 0 Å². The highest BCUT2D eigenvalue weighted by molar-refractivity contribution is 7.89. The van der Waals surface area contributed by atoms with Crippen LogP contribution >= 0.6 is 11.3 Å². The van der Waals surface area contributed by atoms with Gasteiger partial charge in [-0.3, -0.25) is 0 Å². The fourth-order valence-electron chi connectivity index (χ4n) is 3.70. The van der Waals surface area contributed by atoms with E-state index in [9.17, 15) is 34.8 Å². The Kier molecular flexibility index (Phi) is 6.82. The number of thiazole rings is 1. The van der Waals surface area contributed by atoms with E-state index >= 15 is 0 Å². The highest BCUT2D eigenvalue weighted by Gasteiger charge is 2.37. The quantitative estimate of drug-likeness (QED) is 0.279. The zero-order valence-electron chi connectivity index (χ0n) is 17.8. The smallest absolute Gasteiger partial charge is 0.417 e. The Morgan fingerprint density at radius 3 is 2.33 bits per heavy atom. The molecular weight excluding hydrogens is 530 g/mol. The first kappa shape index (κ1) is 25.7. The second kappa shape index (κ2) is 9.56. The van der Waals surface area contributed by atoms with E-state index in [-0.39, 0.29) is 27.9 Å². The molecule has 0 fully saturated rings. The van der Waals surface area contributed by atoms with Gasteiger partial charge in [-0.15, -0.1) is 11.3 Å². The lowest BCUT2D eigenvalue weighted by Crippen LogP contribution is -2.17. The van der Waals surface area contributed by atoms with Crippen LogP contribution in [0, 0.1) is 5.82 Å². The molecule has 0 saturated carbocycles. The van der Waals surface area contributed by atoms with E-state index in [0.29, 0.717) is 6.07 Å². The maximum Gasteiger partial charge on any atom is 0.417 e. The van der Waals surface area contributed by atoms with Gasteiger partial charge >= 0.3 is 12.8 Å². The van der Waals surface area contributed by atoms with Crippen molar-refractivity contribution in [2.75, 3.05) is 0 Å². The van der Waals surface area contributed by atoms with Crippen LogP contribution in [0.2, 0.25) is 0 Å². The summed E-state index contributed by atoms with van der Waals surface area (Å²) in [4.78, 5) is 3.29. The van der Waals surface area contributed by atoms with E-state index in [1.807, 2.05) is 0 Å². The molecule has 0 amide bonds. The number of primary sulfonamides is 1. The van der Waals surface area contributed by atoms with Crippen molar-refractivity contribution in [3.05, 3.63) is 76.9 Å². The molecule has 0 aliphatic rings. The van der Waals surface area contributed by atoms with Gasteiger partial charge in [-0.25, -0.2) is 22.9 Å². The molecule has 1 aromatic heterocycles. The average Bonchev–Trinajstić information content (AvgIpc) is 3.33. The number of nitrogens with two attached hydrogens (primary N) is 1. The van der Waals surface area contributed by atoms with Crippen molar-refractivity contribution in [1.29, 1.82) is 0 Å². The van der Waals surface area contributed by atoms with Crippen molar-refractivity contribution < 1.29 is 39.5 Å². The normalized spacial score (nSPS) is 12.2. The summed E-state index contributed by atoms with van der Waals surface area (Å²) < 4.78 is 111. The monoisotopic (exact) mass is 544 g/mol. The predicted molar refractivity (Wildman–Crippen MR) is 121 cm³/mol. The van der Waals surface area contributed by atoms with Crippen LogP contribution in [0.3, 0.4) is 0 Å². The third kappa shape index (κ3) is 5.22. The number of hydrogen-bond acceptors (Lipinski definition) is 5. The van der Waals surface area contributed by atoms with Crippen molar-refractivity contribution in [3.8, 4) is 39.3 Å². The molecule has 5 nitrogen and oxygen atoms in total. The molecule has 3 aromatic carbocycles. The molecule has 0 aliphatic heterocycles. The average molecular weight is 544 g/mol. The van der Waals surface area contributed by atoms with Gasteiger partial charge in [0, 0.05) is 22.1 Å². The van der Waals surface area contributed by atoms with E-state index in [2.05, 4.69) is 9.72 Å². The molecule has 0 saturated heterocycles. The van der Waals surface area contributed by atoms with Crippen molar-refractivity contribution in [2.24, 2.45) is 5.14 Å². The minimum absolute atomic E-state index is 0.0172. The molecule has 0 unspecified atom stereocenters. The standard InChI is InChI=1S/C23H14F6N2O3S2/c24-13-5-7-19(34-22(25)26)15(9-13)12-4-6-14(18-10-35-11-31-18)16(8-12)21-17(23(27,28)29)2-1-3-20(21)36(30,32)33/h1-11,22H,(H2,30,32,33). The maximum atomic E-state index is 14.1. The van der Waals surface area contributed by atoms with Crippen molar-refractivity contribution in [2.45, 2.75) is 17.7 Å². The van der Waals surface area contributed by atoms with Crippen LogP contribution < -0.4 is 9.88 Å². The third-order valence-corrected chi connectivity index (χ3v) is 6.64. The highest BCUT2D eigenvalue weighted by atomic mass is 32.2. The molecule has 188 valence electrons. The van der Waals surface area contributed by atoms with Gasteiger partial charge in [0.2, 0.25) is 10.0 Å². The van der Waals surface area contributed by atoms with Crippen LogP contribution in [-0.2, 0) is 16.2 Å². The molecule has 36 heavy (non-hydrogen) atoms. The fourth-order valence-corrected chi connectivity index (χ4v) is 5.02. The SMILES string of the molecule is NS(=O)(=O)c1cccc(C(F)(F)F)c1-c1cc(-c2cc(F)ccc2OC(F)F)ccc1-c1cscn1. The number of sulfonamides is 1. The van der Waals surface area contributed by atoms with E-state index in [4.69, 9.17) is 5.14 Å². The highest BCUT2D eigenvalue weighted by Crippen LogP contribution is 2.45. The number of nitrogens with zero attached hydrogens (tertiary/aromatic N) is 1. The molecule has 4 rings (SSSR count). The lowest BCUT2D eigenvalue weighted by Gasteiger charge is -2.20. The maximum absolute atomic E-state index is 14.1. The molecule has 0 radical (unpaired) electrons. The van der Waals surface area contributed by atoms with Gasteiger partial charge in [-0.2, -0.15) is 22.0 Å². The molecule has 2 N–H and O–H groups in total. The number of benzene rings is 3. The summed E-state index contributed by atoms with van der Waals surface area (Å²) in [6.45, 7) is -3.26. The first-order chi connectivity index (χ1) is 16.9. The van der Waals surface area contributed by atoms with E-state index < -0.39 is 50.4 Å². The summed E-state index contributed by atoms with van der Waals surface area (Å²) in [5, 5.41) is 6.79. The Hall–Kier alpha value is -3.42. The van der Waals surface area contributed by atoms with Crippen LogP contribution in [0.1, 0.15) is 5.56 Å². The second-order valence-electron chi connectivity index (χ2n) is 7.37. The topological polar surface area (TPSA) is 82.3 Å². The molecule has 13 heteroatoms. The Morgan fingerprint density at radius 2 is 1.72 bits per heavy atom. The molecule has 0 bridgehead atoms. The molecule has 1 heterocycles. The van der Waals surface area contributed by atoms with Gasteiger partial charge in [0.15, 0.2) is 0 Å². The van der Waals surface area contributed by atoms with E-state index in [0.717, 1.165) is 47.7 Å². The first-order valence-corrected chi connectivity index (χ1v) is 12.4. The molecule has 0 spiro atoms. The number of alkyl halides is 5. The minimum atomic E-state index is -4.99.